The molecule has 9 heteroatoms. The maximum atomic E-state index is 14.8. The number of hydrogen-bond acceptors (Lipinski definition) is 5. The lowest BCUT2D eigenvalue weighted by Gasteiger charge is -2.31. The molecule has 3 atom stereocenters. The standard InChI is InChI=1S/C24H19F4N3OS/c25-12-5-11(8-29)21-14(3-4-18(26)16(21)6-12)13-1-2-15(19-10-31-20(9-30)33-19)22-17(13)7-24(27,28)23(22)32/h1-2,5-6,10,14,18,23,32H,3-4,7,9,30H2/t14-,18+,23+/m1/s1. The summed E-state index contributed by atoms with van der Waals surface area (Å²) in [6.45, 7) is 0.209. The number of thiazole rings is 1. The number of rotatable bonds is 3. The summed E-state index contributed by atoms with van der Waals surface area (Å²) in [5.74, 6) is -4.65. The molecule has 33 heavy (non-hydrogen) atoms. The van der Waals surface area contributed by atoms with Crippen molar-refractivity contribution in [2.45, 2.75) is 49.9 Å². The normalized spacial score (nSPS) is 23.1. The van der Waals surface area contributed by atoms with Crippen LogP contribution in [0.5, 0.6) is 0 Å². The van der Waals surface area contributed by atoms with E-state index in [0.717, 1.165) is 12.1 Å². The molecule has 2 aliphatic carbocycles. The lowest BCUT2D eigenvalue weighted by atomic mass is 9.74. The molecule has 170 valence electrons. The van der Waals surface area contributed by atoms with Crippen LogP contribution in [0, 0.1) is 17.1 Å². The van der Waals surface area contributed by atoms with Crippen LogP contribution < -0.4 is 5.73 Å². The second-order valence-corrected chi connectivity index (χ2v) is 9.54. The molecule has 4 nitrogen and oxygen atoms in total. The molecular formula is C24H19F4N3OS. The lowest BCUT2D eigenvalue weighted by Crippen LogP contribution is -2.22. The van der Waals surface area contributed by atoms with Crippen LogP contribution >= 0.6 is 11.3 Å². The number of aromatic nitrogens is 1. The first-order chi connectivity index (χ1) is 15.7. The largest absolute Gasteiger partial charge is 0.382 e. The van der Waals surface area contributed by atoms with Crippen molar-refractivity contribution >= 4 is 11.3 Å². The fourth-order valence-corrected chi connectivity index (χ4v) is 5.94. The number of fused-ring (bicyclic) bond motifs is 2. The highest BCUT2D eigenvalue weighted by molar-refractivity contribution is 7.15. The van der Waals surface area contributed by atoms with Gasteiger partial charge in [-0.3, -0.25) is 0 Å². The molecule has 0 saturated carbocycles. The van der Waals surface area contributed by atoms with Crippen molar-refractivity contribution in [1.29, 1.82) is 5.26 Å². The minimum atomic E-state index is -3.38. The van der Waals surface area contributed by atoms with Crippen LogP contribution in [0.25, 0.3) is 10.4 Å². The second kappa shape index (κ2) is 7.90. The Morgan fingerprint density at radius 2 is 2.00 bits per heavy atom. The Morgan fingerprint density at radius 1 is 1.21 bits per heavy atom. The Labute approximate surface area is 191 Å². The molecule has 3 N–H and O–H groups in total. The molecule has 0 bridgehead atoms. The monoisotopic (exact) mass is 473 g/mol. The zero-order valence-corrected chi connectivity index (χ0v) is 18.1. The first kappa shape index (κ1) is 22.0. The molecule has 1 heterocycles. The van der Waals surface area contributed by atoms with Crippen LogP contribution in [0.4, 0.5) is 17.6 Å². The third-order valence-corrected chi connectivity index (χ3v) is 7.59. The molecule has 1 aromatic heterocycles. The summed E-state index contributed by atoms with van der Waals surface area (Å²) in [4.78, 5) is 4.80. The van der Waals surface area contributed by atoms with Gasteiger partial charge in [-0.1, -0.05) is 12.1 Å². The topological polar surface area (TPSA) is 82.9 Å². The number of alkyl halides is 3. The molecule has 0 amide bonds. The van der Waals surface area contributed by atoms with E-state index in [1.165, 1.54) is 11.3 Å². The maximum absolute atomic E-state index is 14.8. The number of nitriles is 1. The van der Waals surface area contributed by atoms with E-state index in [2.05, 4.69) is 4.98 Å². The van der Waals surface area contributed by atoms with Gasteiger partial charge in [0.15, 0.2) is 0 Å². The van der Waals surface area contributed by atoms with Gasteiger partial charge in [0.05, 0.1) is 16.5 Å². The number of benzene rings is 2. The van der Waals surface area contributed by atoms with Crippen molar-refractivity contribution in [1.82, 2.24) is 4.98 Å². The molecule has 2 aromatic carbocycles. The Balaban J connectivity index is 1.73. The number of nitrogens with two attached hydrogens (primary N) is 1. The SMILES string of the molecule is N#Cc1cc(F)cc2c1[C@@H](c1ccc(-c3cnc(CN)s3)c3c1CC(F)(F)[C@H]3O)CC[C@@H]2F. The van der Waals surface area contributed by atoms with E-state index in [4.69, 9.17) is 5.73 Å². The van der Waals surface area contributed by atoms with E-state index in [-0.39, 0.29) is 41.6 Å². The van der Waals surface area contributed by atoms with Gasteiger partial charge in [0.2, 0.25) is 0 Å². The van der Waals surface area contributed by atoms with E-state index >= 15 is 0 Å². The highest BCUT2D eigenvalue weighted by Crippen LogP contribution is 2.53. The third kappa shape index (κ3) is 3.44. The number of aliphatic hydroxyl groups excluding tert-OH is 1. The average molecular weight is 473 g/mol. The van der Waals surface area contributed by atoms with E-state index < -0.39 is 36.4 Å². The fraction of sp³-hybridized carbons (Fsp3) is 0.333. The number of halogens is 4. The lowest BCUT2D eigenvalue weighted by molar-refractivity contribution is -0.0966. The maximum Gasteiger partial charge on any atom is 0.281 e. The Morgan fingerprint density at radius 3 is 2.70 bits per heavy atom. The summed E-state index contributed by atoms with van der Waals surface area (Å²) in [6, 6.07) is 7.41. The van der Waals surface area contributed by atoms with Crippen molar-refractivity contribution in [3.05, 3.63) is 74.7 Å². The molecule has 3 aromatic rings. The van der Waals surface area contributed by atoms with Crippen molar-refractivity contribution in [3.8, 4) is 16.5 Å². The molecule has 0 aliphatic heterocycles. The van der Waals surface area contributed by atoms with Crippen molar-refractivity contribution in [2.24, 2.45) is 5.73 Å². The van der Waals surface area contributed by atoms with Gasteiger partial charge in [-0.15, -0.1) is 11.3 Å². The average Bonchev–Trinajstić information content (AvgIpc) is 3.36. The Hall–Kier alpha value is -2.80. The molecule has 2 aliphatic rings. The molecule has 0 saturated heterocycles. The van der Waals surface area contributed by atoms with Gasteiger partial charge in [0, 0.05) is 25.1 Å². The molecule has 0 spiro atoms. The minimum Gasteiger partial charge on any atom is -0.382 e. The third-order valence-electron chi connectivity index (χ3n) is 6.54. The smallest absolute Gasteiger partial charge is 0.281 e. The second-order valence-electron chi connectivity index (χ2n) is 8.42. The van der Waals surface area contributed by atoms with E-state index in [9.17, 15) is 27.9 Å². The van der Waals surface area contributed by atoms with Gasteiger partial charge in [0.25, 0.3) is 5.92 Å². The highest BCUT2D eigenvalue weighted by atomic mass is 32.1. The minimum absolute atomic E-state index is 0.00414. The van der Waals surface area contributed by atoms with Gasteiger partial charge in [-0.25, -0.2) is 22.5 Å². The molecule has 5 rings (SSSR count). The molecule has 0 fully saturated rings. The van der Waals surface area contributed by atoms with Crippen LogP contribution in [-0.4, -0.2) is 16.0 Å². The van der Waals surface area contributed by atoms with Crippen LogP contribution in [-0.2, 0) is 13.0 Å². The van der Waals surface area contributed by atoms with E-state index in [1.807, 2.05) is 6.07 Å². The summed E-state index contributed by atoms with van der Waals surface area (Å²) in [5.41, 5.74) is 7.41. The van der Waals surface area contributed by atoms with Crippen LogP contribution in [0.15, 0.2) is 30.5 Å². The predicted molar refractivity (Wildman–Crippen MR) is 115 cm³/mol. The summed E-state index contributed by atoms with van der Waals surface area (Å²) in [5, 5.41) is 20.8. The number of aliphatic hydroxyl groups is 1. The van der Waals surface area contributed by atoms with E-state index in [1.54, 1.807) is 18.3 Å². The number of hydrogen-bond donors (Lipinski definition) is 2. The van der Waals surface area contributed by atoms with Gasteiger partial charge in [-0.05, 0) is 58.4 Å². The van der Waals surface area contributed by atoms with Gasteiger partial charge in [0.1, 0.15) is 23.1 Å². The van der Waals surface area contributed by atoms with Gasteiger partial charge < -0.3 is 10.8 Å². The zero-order valence-electron chi connectivity index (χ0n) is 17.3. The first-order valence-electron chi connectivity index (χ1n) is 10.5. The molecule has 0 radical (unpaired) electrons. The fourth-order valence-electron chi connectivity index (χ4n) is 5.11. The van der Waals surface area contributed by atoms with Gasteiger partial charge in [-0.2, -0.15) is 5.26 Å². The van der Waals surface area contributed by atoms with Crippen LogP contribution in [0.1, 0.15) is 69.4 Å². The molecule has 0 unspecified atom stereocenters. The number of nitrogens with zero attached hydrogens (tertiary/aromatic N) is 2. The van der Waals surface area contributed by atoms with Crippen LogP contribution in [0.3, 0.4) is 0 Å². The van der Waals surface area contributed by atoms with Gasteiger partial charge >= 0.3 is 0 Å². The summed E-state index contributed by atoms with van der Waals surface area (Å²) in [6.07, 6.45) is -2.22. The predicted octanol–water partition coefficient (Wildman–Crippen LogP) is 5.44. The molecular weight excluding hydrogens is 454 g/mol. The highest BCUT2D eigenvalue weighted by Gasteiger charge is 2.50. The van der Waals surface area contributed by atoms with E-state index in [0.29, 0.717) is 26.6 Å². The Bertz CT molecular complexity index is 1300. The quantitative estimate of drug-likeness (QED) is 0.496. The van der Waals surface area contributed by atoms with Crippen molar-refractivity contribution in [2.75, 3.05) is 0 Å². The van der Waals surface area contributed by atoms with Crippen molar-refractivity contribution < 1.29 is 22.7 Å². The van der Waals surface area contributed by atoms with Crippen molar-refractivity contribution in [3.63, 3.8) is 0 Å². The summed E-state index contributed by atoms with van der Waals surface area (Å²) < 4.78 is 58.2. The Kier molecular flexibility index (Phi) is 5.27. The van der Waals surface area contributed by atoms with Crippen LogP contribution in [0.2, 0.25) is 0 Å². The summed E-state index contributed by atoms with van der Waals surface area (Å²) in [7, 11) is 0. The summed E-state index contributed by atoms with van der Waals surface area (Å²) >= 11 is 1.27. The zero-order chi connectivity index (χ0) is 23.5. The first-order valence-corrected chi connectivity index (χ1v) is 11.3.